The van der Waals surface area contributed by atoms with Gasteiger partial charge in [0.2, 0.25) is 0 Å². The summed E-state index contributed by atoms with van der Waals surface area (Å²) in [5.74, 6) is 0.251. The smallest absolute Gasteiger partial charge is 0.305 e. The van der Waals surface area contributed by atoms with Gasteiger partial charge in [0.25, 0.3) is 0 Å². The van der Waals surface area contributed by atoms with Crippen LogP contribution in [0.3, 0.4) is 0 Å². The first-order valence-corrected chi connectivity index (χ1v) is 5.74. The molecule has 0 radical (unpaired) electrons. The van der Waals surface area contributed by atoms with Crippen molar-refractivity contribution in [3.05, 3.63) is 35.4 Å². The largest absolute Gasteiger partial charge is 0.416 e. The van der Waals surface area contributed by atoms with Crippen LogP contribution in [0.4, 0.5) is 13.2 Å². The maximum Gasteiger partial charge on any atom is 0.416 e. The summed E-state index contributed by atoms with van der Waals surface area (Å²) in [6.45, 7) is 3.58. The molecule has 1 nitrogen and oxygen atoms in total. The molecule has 0 spiro atoms. The van der Waals surface area contributed by atoms with Gasteiger partial charge in [0, 0.05) is 19.0 Å². The summed E-state index contributed by atoms with van der Waals surface area (Å²) < 4.78 is 38.7. The number of rotatable bonds is 1. The van der Waals surface area contributed by atoms with Gasteiger partial charge in [0.15, 0.2) is 0 Å². The Morgan fingerprint density at radius 3 is 2.35 bits per heavy atom. The number of halogens is 3. The van der Waals surface area contributed by atoms with Gasteiger partial charge in [0.05, 0.1) is 5.56 Å². The van der Waals surface area contributed by atoms with E-state index < -0.39 is 11.7 Å². The third-order valence-corrected chi connectivity index (χ3v) is 3.46. The zero-order valence-electron chi connectivity index (χ0n) is 9.96. The zero-order chi connectivity index (χ0) is 12.6. The van der Waals surface area contributed by atoms with Gasteiger partial charge >= 0.3 is 6.18 Å². The predicted molar refractivity (Wildman–Crippen MR) is 60.8 cm³/mol. The minimum absolute atomic E-state index is 0.0159. The van der Waals surface area contributed by atoms with Gasteiger partial charge < -0.3 is 4.90 Å². The number of nitrogens with zero attached hydrogens (tertiary/aromatic N) is 1. The Balaban J connectivity index is 2.39. The van der Waals surface area contributed by atoms with Crippen molar-refractivity contribution in [1.29, 1.82) is 0 Å². The highest BCUT2D eigenvalue weighted by atomic mass is 19.4. The van der Waals surface area contributed by atoms with Crippen molar-refractivity contribution in [2.75, 3.05) is 20.1 Å². The van der Waals surface area contributed by atoms with E-state index in [-0.39, 0.29) is 11.8 Å². The van der Waals surface area contributed by atoms with Crippen molar-refractivity contribution in [3.63, 3.8) is 0 Å². The summed E-state index contributed by atoms with van der Waals surface area (Å²) in [4.78, 5) is 2.09. The van der Waals surface area contributed by atoms with Crippen molar-refractivity contribution in [3.8, 4) is 0 Å². The molecule has 0 saturated carbocycles. The second kappa shape index (κ2) is 4.33. The van der Waals surface area contributed by atoms with Crippen LogP contribution in [-0.4, -0.2) is 25.0 Å². The maximum atomic E-state index is 12.9. The van der Waals surface area contributed by atoms with Crippen molar-refractivity contribution in [2.24, 2.45) is 5.92 Å². The zero-order valence-corrected chi connectivity index (χ0v) is 9.96. The van der Waals surface area contributed by atoms with Crippen molar-refractivity contribution >= 4 is 0 Å². The van der Waals surface area contributed by atoms with E-state index in [1.54, 1.807) is 12.1 Å². The molecule has 0 N–H and O–H groups in total. The number of likely N-dealkylation sites (N-methyl/N-ethyl adjacent to an activating group) is 1. The van der Waals surface area contributed by atoms with E-state index in [0.29, 0.717) is 12.1 Å². The molecule has 2 unspecified atom stereocenters. The average molecular weight is 243 g/mol. The Morgan fingerprint density at radius 2 is 1.82 bits per heavy atom. The molecule has 1 heterocycles. The van der Waals surface area contributed by atoms with Crippen molar-refractivity contribution in [1.82, 2.24) is 4.90 Å². The molecule has 1 aromatic carbocycles. The number of hydrogen-bond acceptors (Lipinski definition) is 1. The number of alkyl halides is 3. The van der Waals surface area contributed by atoms with Gasteiger partial charge in [-0.25, -0.2) is 0 Å². The molecular formula is C13H16F3N. The molecule has 2 rings (SSSR count). The van der Waals surface area contributed by atoms with E-state index >= 15 is 0 Å². The van der Waals surface area contributed by atoms with Crippen LogP contribution in [0.15, 0.2) is 24.3 Å². The Morgan fingerprint density at radius 1 is 1.18 bits per heavy atom. The molecule has 0 aromatic heterocycles. The van der Waals surface area contributed by atoms with E-state index in [2.05, 4.69) is 4.90 Å². The fourth-order valence-electron chi connectivity index (χ4n) is 2.69. The normalized spacial score (nSPS) is 26.4. The van der Waals surface area contributed by atoms with Gasteiger partial charge in [-0.1, -0.05) is 25.1 Å². The Bertz CT molecular complexity index is 400. The first-order chi connectivity index (χ1) is 7.89. The molecule has 1 saturated heterocycles. The minimum atomic E-state index is -4.25. The Hall–Kier alpha value is -1.03. The third-order valence-electron chi connectivity index (χ3n) is 3.46. The predicted octanol–water partition coefficient (Wildman–Crippen LogP) is 3.37. The summed E-state index contributed by atoms with van der Waals surface area (Å²) in [7, 11) is 1.95. The topological polar surface area (TPSA) is 3.24 Å². The first kappa shape index (κ1) is 12.4. The minimum Gasteiger partial charge on any atom is -0.305 e. The molecule has 1 aliphatic rings. The van der Waals surface area contributed by atoms with Gasteiger partial charge in [-0.2, -0.15) is 13.2 Å². The molecule has 1 fully saturated rings. The van der Waals surface area contributed by atoms with E-state index in [1.807, 2.05) is 14.0 Å². The summed E-state index contributed by atoms with van der Waals surface area (Å²) in [5, 5.41) is 0. The lowest BCUT2D eigenvalue weighted by Gasteiger charge is -2.20. The Labute approximate surface area is 99.2 Å². The lowest BCUT2D eigenvalue weighted by Crippen LogP contribution is -2.16. The molecule has 2 atom stereocenters. The lowest BCUT2D eigenvalue weighted by molar-refractivity contribution is -0.138. The van der Waals surface area contributed by atoms with E-state index in [4.69, 9.17) is 0 Å². The Kier molecular flexibility index (Phi) is 3.17. The van der Waals surface area contributed by atoms with Crippen molar-refractivity contribution < 1.29 is 13.2 Å². The van der Waals surface area contributed by atoms with Crippen LogP contribution in [0.2, 0.25) is 0 Å². The summed E-state index contributed by atoms with van der Waals surface area (Å²) in [6.07, 6.45) is -4.25. The molecule has 0 amide bonds. The van der Waals surface area contributed by atoms with E-state index in [9.17, 15) is 13.2 Å². The van der Waals surface area contributed by atoms with E-state index in [0.717, 1.165) is 6.54 Å². The molecule has 1 aromatic rings. The van der Waals surface area contributed by atoms with Gasteiger partial charge in [-0.3, -0.25) is 0 Å². The molecule has 0 aliphatic carbocycles. The third kappa shape index (κ3) is 2.46. The number of likely N-dealkylation sites (tertiary alicyclic amines) is 1. The van der Waals surface area contributed by atoms with Crippen molar-refractivity contribution in [2.45, 2.75) is 19.0 Å². The molecule has 17 heavy (non-hydrogen) atoms. The van der Waals surface area contributed by atoms with Crippen LogP contribution in [0.25, 0.3) is 0 Å². The van der Waals surface area contributed by atoms with Gasteiger partial charge in [-0.05, 0) is 24.6 Å². The maximum absolute atomic E-state index is 12.9. The van der Waals surface area contributed by atoms with Crippen LogP contribution in [0.1, 0.15) is 24.0 Å². The van der Waals surface area contributed by atoms with Crippen LogP contribution in [-0.2, 0) is 6.18 Å². The second-order valence-electron chi connectivity index (χ2n) is 4.89. The average Bonchev–Trinajstić information content (AvgIpc) is 2.56. The number of benzene rings is 1. The monoisotopic (exact) mass is 243 g/mol. The highest BCUT2D eigenvalue weighted by molar-refractivity contribution is 5.34. The molecule has 0 bridgehead atoms. The fourth-order valence-corrected chi connectivity index (χ4v) is 2.69. The highest BCUT2D eigenvalue weighted by Crippen LogP contribution is 2.39. The highest BCUT2D eigenvalue weighted by Gasteiger charge is 2.38. The van der Waals surface area contributed by atoms with Gasteiger partial charge in [0.1, 0.15) is 0 Å². The first-order valence-electron chi connectivity index (χ1n) is 5.74. The SMILES string of the molecule is CC1CN(C)CC1c1ccccc1C(F)(F)F. The second-order valence-corrected chi connectivity index (χ2v) is 4.89. The molecule has 1 aliphatic heterocycles. The number of hydrogen-bond donors (Lipinski definition) is 0. The quantitative estimate of drug-likeness (QED) is 0.731. The van der Waals surface area contributed by atoms with Crippen LogP contribution >= 0.6 is 0 Å². The summed E-state index contributed by atoms with van der Waals surface area (Å²) >= 11 is 0. The summed E-state index contributed by atoms with van der Waals surface area (Å²) in [6, 6.07) is 5.94. The fraction of sp³-hybridized carbons (Fsp3) is 0.538. The van der Waals surface area contributed by atoms with Crippen LogP contribution in [0.5, 0.6) is 0 Å². The lowest BCUT2D eigenvalue weighted by atomic mass is 9.87. The van der Waals surface area contributed by atoms with Gasteiger partial charge in [-0.15, -0.1) is 0 Å². The standard InChI is InChI=1S/C13H16F3N/c1-9-7-17(2)8-11(9)10-5-3-4-6-12(10)13(14,15)16/h3-6,9,11H,7-8H2,1-2H3. The molecular weight excluding hydrogens is 227 g/mol. The molecule has 4 heteroatoms. The summed E-state index contributed by atoms with van der Waals surface area (Å²) in [5.41, 5.74) is -0.0380. The van der Waals surface area contributed by atoms with E-state index in [1.165, 1.54) is 12.1 Å². The molecule has 94 valence electrons. The van der Waals surface area contributed by atoms with Crippen LogP contribution < -0.4 is 0 Å². The van der Waals surface area contributed by atoms with Crippen LogP contribution in [0, 0.1) is 5.92 Å².